The number of rotatable bonds is 11. The van der Waals surface area contributed by atoms with Crippen LogP contribution in [-0.4, -0.2) is 22.2 Å². The molecule has 0 radical (unpaired) electrons. The van der Waals surface area contributed by atoms with Crippen molar-refractivity contribution in [2.24, 2.45) is 0 Å². The van der Waals surface area contributed by atoms with Gasteiger partial charge in [0.15, 0.2) is 0 Å². The molecule has 0 fully saturated rings. The van der Waals surface area contributed by atoms with Crippen LogP contribution >= 0.6 is 0 Å². The molecule has 0 aromatic heterocycles. The molecule has 0 rings (SSSR count). The van der Waals surface area contributed by atoms with Gasteiger partial charge in [0.25, 0.3) is 0 Å². The Bertz CT molecular complexity index is 192. The summed E-state index contributed by atoms with van der Waals surface area (Å²) in [5.41, 5.74) is 0. The summed E-state index contributed by atoms with van der Waals surface area (Å²) in [6.45, 7) is 6.00. The Morgan fingerprint density at radius 3 is 1.06 bits per heavy atom. The average Bonchev–Trinajstić information content (AvgIpc) is 2.33. The van der Waals surface area contributed by atoms with Crippen LogP contribution in [0.4, 0.5) is 0 Å². The molecule has 0 saturated carbocycles. The molecular weight excluding hydrogens is 232 g/mol. The van der Waals surface area contributed by atoms with Crippen molar-refractivity contribution < 1.29 is 19.8 Å². The Kier molecular flexibility index (Phi) is 16.6. The number of carboxylic acids is 2. The molecule has 4 nitrogen and oxygen atoms in total. The van der Waals surface area contributed by atoms with Gasteiger partial charge >= 0.3 is 11.9 Å². The molecule has 0 atom stereocenters. The van der Waals surface area contributed by atoms with Crippen molar-refractivity contribution in [3.8, 4) is 0 Å². The smallest absolute Gasteiger partial charge is 0.303 e. The summed E-state index contributed by atoms with van der Waals surface area (Å²) in [6, 6.07) is 0. The summed E-state index contributed by atoms with van der Waals surface area (Å²) in [6.07, 6.45) is 8.51. The standard InChI is InChI=1S/C12H22O4.C2H4/c13-11(14)9-7-5-3-1-2-4-6-8-10-12(15)16;1-2/h1-10H2,(H,13,14)(H,15,16);1-2H2. The molecule has 106 valence electrons. The number of unbranched alkanes of at least 4 members (excludes halogenated alkanes) is 7. The molecule has 4 heteroatoms. The molecule has 0 bridgehead atoms. The van der Waals surface area contributed by atoms with E-state index in [2.05, 4.69) is 13.2 Å². The molecule has 0 amide bonds. The normalized spacial score (nSPS) is 9.33. The molecule has 0 heterocycles. The second-order valence-electron chi connectivity index (χ2n) is 4.12. The van der Waals surface area contributed by atoms with Crippen LogP contribution in [0.15, 0.2) is 13.2 Å². The van der Waals surface area contributed by atoms with Crippen molar-refractivity contribution >= 4 is 11.9 Å². The summed E-state index contributed by atoms with van der Waals surface area (Å²) >= 11 is 0. The summed E-state index contributed by atoms with van der Waals surface area (Å²) in [4.78, 5) is 20.4. The highest BCUT2D eigenvalue weighted by Crippen LogP contribution is 2.10. The fourth-order valence-corrected chi connectivity index (χ4v) is 1.61. The molecule has 0 aliphatic carbocycles. The van der Waals surface area contributed by atoms with E-state index in [9.17, 15) is 9.59 Å². The van der Waals surface area contributed by atoms with Gasteiger partial charge in [-0.1, -0.05) is 38.5 Å². The fourth-order valence-electron chi connectivity index (χ4n) is 1.61. The molecule has 0 aliphatic heterocycles. The quantitative estimate of drug-likeness (QED) is 0.436. The first-order valence-corrected chi connectivity index (χ1v) is 6.56. The highest BCUT2D eigenvalue weighted by molar-refractivity contribution is 5.66. The Morgan fingerprint density at radius 2 is 0.833 bits per heavy atom. The van der Waals surface area contributed by atoms with E-state index in [1.807, 2.05) is 0 Å². The van der Waals surface area contributed by atoms with E-state index in [0.29, 0.717) is 0 Å². The van der Waals surface area contributed by atoms with Crippen molar-refractivity contribution in [1.82, 2.24) is 0 Å². The maximum Gasteiger partial charge on any atom is 0.303 e. The Labute approximate surface area is 110 Å². The zero-order valence-corrected chi connectivity index (χ0v) is 11.2. The Balaban J connectivity index is 0. The zero-order valence-electron chi connectivity index (χ0n) is 11.2. The van der Waals surface area contributed by atoms with Crippen molar-refractivity contribution in [1.29, 1.82) is 0 Å². The van der Waals surface area contributed by atoms with Gasteiger partial charge in [0.2, 0.25) is 0 Å². The summed E-state index contributed by atoms with van der Waals surface area (Å²) in [5, 5.41) is 16.8. The summed E-state index contributed by atoms with van der Waals surface area (Å²) in [5.74, 6) is -1.43. The molecular formula is C14H26O4. The lowest BCUT2D eigenvalue weighted by molar-refractivity contribution is -0.138. The second-order valence-corrected chi connectivity index (χ2v) is 4.12. The minimum absolute atomic E-state index is 0.276. The van der Waals surface area contributed by atoms with E-state index >= 15 is 0 Å². The van der Waals surface area contributed by atoms with Crippen LogP contribution in [-0.2, 0) is 9.59 Å². The average molecular weight is 258 g/mol. The van der Waals surface area contributed by atoms with E-state index in [-0.39, 0.29) is 12.8 Å². The Hall–Kier alpha value is -1.32. The number of carbonyl (C=O) groups is 2. The summed E-state index contributed by atoms with van der Waals surface area (Å²) < 4.78 is 0. The van der Waals surface area contributed by atoms with Crippen LogP contribution in [0.2, 0.25) is 0 Å². The van der Waals surface area contributed by atoms with Crippen LogP contribution in [0.25, 0.3) is 0 Å². The third-order valence-corrected chi connectivity index (χ3v) is 2.53. The molecule has 0 unspecified atom stereocenters. The van der Waals surface area contributed by atoms with Crippen LogP contribution in [0.1, 0.15) is 64.2 Å². The lowest BCUT2D eigenvalue weighted by atomic mass is 10.1. The minimum Gasteiger partial charge on any atom is -0.481 e. The highest BCUT2D eigenvalue weighted by Gasteiger charge is 1.98. The van der Waals surface area contributed by atoms with Gasteiger partial charge in [0.1, 0.15) is 0 Å². The molecule has 0 spiro atoms. The molecule has 0 aromatic rings. The minimum atomic E-state index is -0.714. The number of carboxylic acid groups (broad SMARTS) is 2. The summed E-state index contributed by atoms with van der Waals surface area (Å²) in [7, 11) is 0. The Morgan fingerprint density at radius 1 is 0.611 bits per heavy atom. The van der Waals surface area contributed by atoms with E-state index in [4.69, 9.17) is 10.2 Å². The number of aliphatic carboxylic acids is 2. The van der Waals surface area contributed by atoms with Crippen LogP contribution < -0.4 is 0 Å². The van der Waals surface area contributed by atoms with Crippen molar-refractivity contribution in [2.75, 3.05) is 0 Å². The first kappa shape index (κ1) is 19.0. The van der Waals surface area contributed by atoms with Gasteiger partial charge in [-0.05, 0) is 12.8 Å². The third kappa shape index (κ3) is 20.1. The topological polar surface area (TPSA) is 74.6 Å². The molecule has 18 heavy (non-hydrogen) atoms. The van der Waals surface area contributed by atoms with Gasteiger partial charge in [-0.3, -0.25) is 9.59 Å². The van der Waals surface area contributed by atoms with Gasteiger partial charge in [-0.2, -0.15) is 0 Å². The van der Waals surface area contributed by atoms with Crippen LogP contribution in [0.3, 0.4) is 0 Å². The van der Waals surface area contributed by atoms with Crippen molar-refractivity contribution in [3.63, 3.8) is 0 Å². The highest BCUT2D eigenvalue weighted by atomic mass is 16.4. The van der Waals surface area contributed by atoms with Crippen LogP contribution in [0.5, 0.6) is 0 Å². The first-order chi connectivity index (χ1) is 8.63. The number of hydrogen-bond acceptors (Lipinski definition) is 2. The van der Waals surface area contributed by atoms with Gasteiger partial charge in [0, 0.05) is 12.8 Å². The lowest BCUT2D eigenvalue weighted by Gasteiger charge is -2.00. The van der Waals surface area contributed by atoms with Crippen LogP contribution in [0, 0.1) is 0 Å². The predicted molar refractivity (Wildman–Crippen MR) is 72.7 cm³/mol. The van der Waals surface area contributed by atoms with Crippen molar-refractivity contribution in [2.45, 2.75) is 64.2 Å². The monoisotopic (exact) mass is 258 g/mol. The van der Waals surface area contributed by atoms with Gasteiger partial charge in [-0.25, -0.2) is 0 Å². The molecule has 0 saturated heterocycles. The first-order valence-electron chi connectivity index (χ1n) is 6.56. The van der Waals surface area contributed by atoms with Crippen molar-refractivity contribution in [3.05, 3.63) is 13.2 Å². The second kappa shape index (κ2) is 15.7. The van der Waals surface area contributed by atoms with Gasteiger partial charge in [-0.15, -0.1) is 13.2 Å². The maximum atomic E-state index is 10.2. The van der Waals surface area contributed by atoms with Gasteiger partial charge in [0.05, 0.1) is 0 Å². The number of hydrogen-bond donors (Lipinski definition) is 2. The molecule has 0 aliphatic rings. The fraction of sp³-hybridized carbons (Fsp3) is 0.714. The van der Waals surface area contributed by atoms with E-state index in [1.54, 1.807) is 0 Å². The maximum absolute atomic E-state index is 10.2. The third-order valence-electron chi connectivity index (χ3n) is 2.53. The predicted octanol–water partition coefficient (Wildman–Crippen LogP) is 3.86. The lowest BCUT2D eigenvalue weighted by Crippen LogP contribution is -1.94. The molecule has 0 aromatic carbocycles. The van der Waals surface area contributed by atoms with E-state index in [1.165, 1.54) is 0 Å². The van der Waals surface area contributed by atoms with Gasteiger partial charge < -0.3 is 10.2 Å². The SMILES string of the molecule is C=C.O=C(O)CCCCCCCCCCC(=O)O. The molecule has 2 N–H and O–H groups in total. The largest absolute Gasteiger partial charge is 0.481 e. The zero-order chi connectivity index (χ0) is 14.2. The van der Waals surface area contributed by atoms with E-state index in [0.717, 1.165) is 51.4 Å². The van der Waals surface area contributed by atoms with E-state index < -0.39 is 11.9 Å².